The maximum atomic E-state index is 13.5. The smallest absolute Gasteiger partial charge is 0.264 e. The largest absolute Gasteiger partial charge is 0.378 e. The van der Waals surface area contributed by atoms with Gasteiger partial charge in [0, 0.05) is 37.3 Å². The summed E-state index contributed by atoms with van der Waals surface area (Å²) in [5, 5.41) is 13.9. The van der Waals surface area contributed by atoms with E-state index in [1.807, 2.05) is 53.5 Å². The number of nitrogens with one attached hydrogen (secondary N) is 1. The van der Waals surface area contributed by atoms with Gasteiger partial charge in [-0.05, 0) is 47.6 Å². The number of anilines is 1. The van der Waals surface area contributed by atoms with Crippen LogP contribution in [0.3, 0.4) is 0 Å². The molecule has 37 heavy (non-hydrogen) atoms. The van der Waals surface area contributed by atoms with Crippen LogP contribution in [0.1, 0.15) is 51.8 Å². The molecule has 0 saturated carbocycles. The minimum Gasteiger partial charge on any atom is -0.378 e. The Balaban J connectivity index is 1.38. The second-order valence-corrected chi connectivity index (χ2v) is 11.5. The molecular formula is C29H31N5OS2. The maximum Gasteiger partial charge on any atom is 0.264 e. The molecule has 5 rings (SSSR count). The number of hydrogen-bond donors (Lipinski definition) is 1. The lowest BCUT2D eigenvalue weighted by molar-refractivity contribution is 0.0776. The van der Waals surface area contributed by atoms with Crippen LogP contribution in [0.2, 0.25) is 0 Å². The number of unbranched alkanes of at least 4 members (excludes halogenated alkanes) is 1. The fraction of sp³-hybridized carbons (Fsp3) is 0.345. The summed E-state index contributed by atoms with van der Waals surface area (Å²) in [5.74, 6) is 2.23. The molecule has 0 radical (unpaired) electrons. The SMILES string of the molecule is CCCCc1c(C(=O)N2CCSCC2)sc2c(NCc3cncn3Cc3ccc(C#N)cc3)cccc12. The quantitative estimate of drug-likeness (QED) is 0.281. The average Bonchev–Trinajstić information content (AvgIpc) is 3.55. The molecule has 1 saturated heterocycles. The fourth-order valence-electron chi connectivity index (χ4n) is 4.70. The summed E-state index contributed by atoms with van der Waals surface area (Å²) in [6.45, 7) is 5.19. The standard InChI is InChI=1S/C29H31N5OS2/c1-2-3-5-25-24-6-4-7-26(27(24)37-28(25)29(35)33-12-14-36-15-13-33)32-18-23-17-31-20-34(23)19-22-10-8-21(16-30)9-11-22/h4,6-11,17,20,32H,2-3,5,12-15,18-19H2,1H3. The molecule has 4 aromatic rings. The fourth-order valence-corrected chi connectivity index (χ4v) is 6.91. The van der Waals surface area contributed by atoms with Gasteiger partial charge < -0.3 is 14.8 Å². The average molecular weight is 530 g/mol. The van der Waals surface area contributed by atoms with Gasteiger partial charge in [-0.1, -0.05) is 37.6 Å². The van der Waals surface area contributed by atoms with Crippen molar-refractivity contribution in [3.63, 3.8) is 0 Å². The van der Waals surface area contributed by atoms with E-state index < -0.39 is 0 Å². The lowest BCUT2D eigenvalue weighted by Gasteiger charge is -2.26. The minimum atomic E-state index is 0.194. The number of aromatic nitrogens is 2. The number of imidazole rings is 1. The van der Waals surface area contributed by atoms with Gasteiger partial charge in [-0.2, -0.15) is 17.0 Å². The van der Waals surface area contributed by atoms with Crippen molar-refractivity contribution < 1.29 is 4.79 Å². The van der Waals surface area contributed by atoms with Crippen molar-refractivity contribution in [1.82, 2.24) is 14.5 Å². The van der Waals surface area contributed by atoms with E-state index in [1.165, 1.54) is 10.9 Å². The predicted octanol–water partition coefficient (Wildman–Crippen LogP) is 6.16. The second kappa shape index (κ2) is 11.8. The van der Waals surface area contributed by atoms with E-state index in [-0.39, 0.29) is 5.91 Å². The van der Waals surface area contributed by atoms with Crippen molar-refractivity contribution in [2.24, 2.45) is 0 Å². The van der Waals surface area contributed by atoms with Gasteiger partial charge in [0.25, 0.3) is 5.91 Å². The molecule has 1 aliphatic heterocycles. The van der Waals surface area contributed by atoms with Gasteiger partial charge in [0.15, 0.2) is 0 Å². The molecule has 0 bridgehead atoms. The number of hydrogen-bond acceptors (Lipinski definition) is 6. The first kappa shape index (κ1) is 25.4. The van der Waals surface area contributed by atoms with Gasteiger partial charge >= 0.3 is 0 Å². The van der Waals surface area contributed by atoms with Crippen molar-refractivity contribution in [3.05, 3.63) is 82.3 Å². The van der Waals surface area contributed by atoms with Crippen LogP contribution in [0.25, 0.3) is 10.1 Å². The van der Waals surface area contributed by atoms with E-state index in [9.17, 15) is 4.79 Å². The third kappa shape index (κ3) is 5.68. The first-order valence-electron chi connectivity index (χ1n) is 12.8. The number of carbonyl (C=O) groups excluding carboxylic acids is 1. The van der Waals surface area contributed by atoms with Crippen molar-refractivity contribution in [2.75, 3.05) is 29.9 Å². The zero-order chi connectivity index (χ0) is 25.6. The molecule has 8 heteroatoms. The molecule has 0 aliphatic carbocycles. The molecule has 0 atom stereocenters. The first-order chi connectivity index (χ1) is 18.2. The van der Waals surface area contributed by atoms with Crippen LogP contribution in [-0.2, 0) is 19.5 Å². The molecule has 2 aromatic carbocycles. The molecule has 1 aliphatic rings. The Morgan fingerprint density at radius 1 is 1.16 bits per heavy atom. The molecule has 1 N–H and O–H groups in total. The Morgan fingerprint density at radius 2 is 1.97 bits per heavy atom. The van der Waals surface area contributed by atoms with Gasteiger partial charge in [-0.15, -0.1) is 11.3 Å². The molecule has 1 amide bonds. The number of fused-ring (bicyclic) bond motifs is 1. The number of rotatable bonds is 9. The zero-order valence-electron chi connectivity index (χ0n) is 21.1. The summed E-state index contributed by atoms with van der Waals surface area (Å²) >= 11 is 3.57. The van der Waals surface area contributed by atoms with E-state index in [0.717, 1.165) is 70.4 Å². The summed E-state index contributed by atoms with van der Waals surface area (Å²) in [4.78, 5) is 20.9. The Kier molecular flexibility index (Phi) is 8.12. The monoisotopic (exact) mass is 529 g/mol. The van der Waals surface area contributed by atoms with Crippen molar-refractivity contribution in [1.29, 1.82) is 5.26 Å². The molecule has 0 unspecified atom stereocenters. The van der Waals surface area contributed by atoms with Gasteiger partial charge in [0.05, 0.1) is 45.5 Å². The summed E-state index contributed by atoms with van der Waals surface area (Å²) in [6, 6.07) is 16.2. The van der Waals surface area contributed by atoms with Gasteiger partial charge in [-0.3, -0.25) is 4.79 Å². The molecule has 3 heterocycles. The molecular weight excluding hydrogens is 498 g/mol. The Labute approximate surface area is 226 Å². The van der Waals surface area contributed by atoms with Crippen LogP contribution in [0.15, 0.2) is 55.0 Å². The highest BCUT2D eigenvalue weighted by Crippen LogP contribution is 2.38. The Bertz CT molecular complexity index is 1410. The predicted molar refractivity (Wildman–Crippen MR) is 153 cm³/mol. The third-order valence-corrected chi connectivity index (χ3v) is 9.00. The zero-order valence-corrected chi connectivity index (χ0v) is 22.7. The lowest BCUT2D eigenvalue weighted by Crippen LogP contribution is -2.37. The summed E-state index contributed by atoms with van der Waals surface area (Å²) < 4.78 is 3.28. The van der Waals surface area contributed by atoms with Crippen molar-refractivity contribution >= 4 is 44.8 Å². The van der Waals surface area contributed by atoms with Crippen LogP contribution in [0.4, 0.5) is 5.69 Å². The number of aryl methyl sites for hydroxylation is 1. The maximum absolute atomic E-state index is 13.5. The topological polar surface area (TPSA) is 74.0 Å². The summed E-state index contributed by atoms with van der Waals surface area (Å²) in [7, 11) is 0. The highest BCUT2D eigenvalue weighted by Gasteiger charge is 2.25. The van der Waals surface area contributed by atoms with Crippen LogP contribution >= 0.6 is 23.1 Å². The molecule has 1 fully saturated rings. The van der Waals surface area contributed by atoms with Crippen molar-refractivity contribution in [2.45, 2.75) is 39.3 Å². The number of carbonyl (C=O) groups is 1. The van der Waals surface area contributed by atoms with E-state index in [1.54, 1.807) is 11.3 Å². The third-order valence-electron chi connectivity index (χ3n) is 6.79. The second-order valence-electron chi connectivity index (χ2n) is 9.28. The normalized spacial score (nSPS) is 13.6. The lowest BCUT2D eigenvalue weighted by atomic mass is 10.0. The number of thioether (sulfide) groups is 1. The van der Waals surface area contributed by atoms with Crippen LogP contribution < -0.4 is 5.32 Å². The number of thiophene rings is 1. The number of amides is 1. The van der Waals surface area contributed by atoms with E-state index in [2.05, 4.69) is 46.1 Å². The highest BCUT2D eigenvalue weighted by atomic mass is 32.2. The van der Waals surface area contributed by atoms with E-state index in [4.69, 9.17) is 5.26 Å². The summed E-state index contributed by atoms with van der Waals surface area (Å²) in [5.41, 5.74) is 5.12. The summed E-state index contributed by atoms with van der Waals surface area (Å²) in [6.07, 6.45) is 6.85. The van der Waals surface area contributed by atoms with Gasteiger partial charge in [-0.25, -0.2) is 4.98 Å². The number of benzene rings is 2. The highest BCUT2D eigenvalue weighted by molar-refractivity contribution is 7.99. The first-order valence-corrected chi connectivity index (χ1v) is 14.8. The van der Waals surface area contributed by atoms with Crippen LogP contribution in [0.5, 0.6) is 0 Å². The Morgan fingerprint density at radius 3 is 2.73 bits per heavy atom. The Hall–Kier alpha value is -3.28. The minimum absolute atomic E-state index is 0.194. The van der Waals surface area contributed by atoms with Gasteiger partial charge in [0.1, 0.15) is 0 Å². The van der Waals surface area contributed by atoms with Gasteiger partial charge in [0.2, 0.25) is 0 Å². The number of nitriles is 1. The molecule has 2 aromatic heterocycles. The number of nitrogens with zero attached hydrogens (tertiary/aromatic N) is 4. The van der Waals surface area contributed by atoms with Crippen LogP contribution in [-0.4, -0.2) is 45.0 Å². The molecule has 190 valence electrons. The van der Waals surface area contributed by atoms with E-state index >= 15 is 0 Å². The molecule has 6 nitrogen and oxygen atoms in total. The molecule has 0 spiro atoms. The van der Waals surface area contributed by atoms with E-state index in [0.29, 0.717) is 18.7 Å². The van der Waals surface area contributed by atoms with Crippen molar-refractivity contribution in [3.8, 4) is 6.07 Å². The van der Waals surface area contributed by atoms with Crippen LogP contribution in [0, 0.1) is 11.3 Å².